The van der Waals surface area contributed by atoms with Crippen molar-refractivity contribution in [2.45, 2.75) is 0 Å². The first-order valence-corrected chi connectivity index (χ1v) is 8.44. The van der Waals surface area contributed by atoms with Gasteiger partial charge in [-0.25, -0.2) is 13.8 Å². The van der Waals surface area contributed by atoms with E-state index in [4.69, 9.17) is 9.47 Å². The van der Waals surface area contributed by atoms with Gasteiger partial charge in [-0.1, -0.05) is 6.07 Å². The molecule has 0 spiro atoms. The molecular weight excluding hydrogens is 362 g/mol. The molecule has 1 fully saturated rings. The van der Waals surface area contributed by atoms with Gasteiger partial charge in [-0.2, -0.15) is 0 Å². The normalized spacial score (nSPS) is 19.0. The van der Waals surface area contributed by atoms with Crippen LogP contribution in [0.3, 0.4) is 0 Å². The maximum Gasteiger partial charge on any atom is 0.266 e. The number of likely N-dealkylation sites (N-methyl/N-ethyl adjacent to an activating group) is 1. The highest BCUT2D eigenvalue weighted by Crippen LogP contribution is 2.36. The second kappa shape index (κ2) is 6.45. The van der Waals surface area contributed by atoms with E-state index in [1.54, 1.807) is 25.3 Å². The number of hydrogen-bond acceptors (Lipinski definition) is 5. The third-order valence-corrected chi connectivity index (χ3v) is 4.88. The fourth-order valence-electron chi connectivity index (χ4n) is 2.48. The van der Waals surface area contributed by atoms with Gasteiger partial charge in [0, 0.05) is 13.1 Å². The van der Waals surface area contributed by atoms with Crippen LogP contribution in [-0.2, 0) is 4.79 Å². The molecule has 26 heavy (non-hydrogen) atoms. The van der Waals surface area contributed by atoms with Crippen molar-refractivity contribution in [3.8, 4) is 11.5 Å². The van der Waals surface area contributed by atoms with E-state index in [0.717, 1.165) is 29.5 Å². The maximum atomic E-state index is 13.8. The first-order chi connectivity index (χ1) is 12.5. The Balaban J connectivity index is 1.63. The SMILES string of the molecule is CN1C(=O)/C(=C\c2ccc3c(c2)OCO3)SC1=Nc1ccc(F)cc1F. The smallest absolute Gasteiger partial charge is 0.266 e. The van der Waals surface area contributed by atoms with Gasteiger partial charge in [0.1, 0.15) is 11.5 Å². The number of fused-ring (bicyclic) bond motifs is 1. The van der Waals surface area contributed by atoms with Crippen LogP contribution in [-0.4, -0.2) is 29.8 Å². The molecule has 4 rings (SSSR count). The van der Waals surface area contributed by atoms with E-state index in [9.17, 15) is 13.6 Å². The molecule has 0 N–H and O–H groups in total. The highest BCUT2D eigenvalue weighted by molar-refractivity contribution is 8.18. The van der Waals surface area contributed by atoms with Crippen molar-refractivity contribution in [1.82, 2.24) is 4.90 Å². The molecule has 8 heteroatoms. The number of hydrogen-bond donors (Lipinski definition) is 0. The van der Waals surface area contributed by atoms with Gasteiger partial charge in [-0.05, 0) is 47.7 Å². The van der Waals surface area contributed by atoms with Crippen LogP contribution in [0.5, 0.6) is 11.5 Å². The maximum absolute atomic E-state index is 13.8. The molecule has 0 unspecified atom stereocenters. The third kappa shape index (κ3) is 3.03. The standard InChI is InChI=1S/C18H12F2N2O3S/c1-22-17(23)16(7-10-2-5-14-15(6-10)25-9-24-14)26-18(22)21-13-4-3-11(19)8-12(13)20/h2-8H,9H2,1H3/b16-7+,21-18?. The first kappa shape index (κ1) is 16.6. The lowest BCUT2D eigenvalue weighted by Crippen LogP contribution is -2.23. The van der Waals surface area contributed by atoms with E-state index in [-0.39, 0.29) is 18.4 Å². The molecule has 2 aliphatic heterocycles. The molecule has 2 heterocycles. The zero-order chi connectivity index (χ0) is 18.3. The van der Waals surface area contributed by atoms with E-state index in [2.05, 4.69) is 4.99 Å². The van der Waals surface area contributed by atoms with Crippen molar-refractivity contribution in [2.75, 3.05) is 13.8 Å². The molecule has 0 saturated carbocycles. The topological polar surface area (TPSA) is 51.1 Å². The Bertz CT molecular complexity index is 975. The summed E-state index contributed by atoms with van der Waals surface area (Å²) in [6.45, 7) is 0.172. The largest absolute Gasteiger partial charge is 0.454 e. The number of carbonyl (C=O) groups is 1. The van der Waals surface area contributed by atoms with E-state index in [0.29, 0.717) is 21.6 Å². The minimum absolute atomic E-state index is 0.0297. The van der Waals surface area contributed by atoms with Gasteiger partial charge >= 0.3 is 0 Å². The summed E-state index contributed by atoms with van der Waals surface area (Å²) >= 11 is 1.12. The van der Waals surface area contributed by atoms with E-state index in [1.807, 2.05) is 6.07 Å². The van der Waals surface area contributed by atoms with Crippen molar-refractivity contribution in [3.05, 3.63) is 58.5 Å². The Morgan fingerprint density at radius 1 is 1.15 bits per heavy atom. The zero-order valence-electron chi connectivity index (χ0n) is 13.5. The number of halogens is 2. The quantitative estimate of drug-likeness (QED) is 0.748. The van der Waals surface area contributed by atoms with Crippen LogP contribution in [0.25, 0.3) is 6.08 Å². The van der Waals surface area contributed by atoms with Crippen molar-refractivity contribution < 1.29 is 23.0 Å². The number of amides is 1. The number of benzene rings is 2. The monoisotopic (exact) mass is 374 g/mol. The molecule has 0 bridgehead atoms. The molecule has 0 radical (unpaired) electrons. The van der Waals surface area contributed by atoms with Gasteiger partial charge in [-0.15, -0.1) is 0 Å². The molecule has 0 atom stereocenters. The number of nitrogens with zero attached hydrogens (tertiary/aromatic N) is 2. The predicted molar refractivity (Wildman–Crippen MR) is 94.4 cm³/mol. The molecule has 2 aromatic rings. The lowest BCUT2D eigenvalue weighted by molar-refractivity contribution is -0.121. The molecule has 0 aromatic heterocycles. The van der Waals surface area contributed by atoms with Gasteiger partial charge in [0.05, 0.1) is 4.91 Å². The highest BCUT2D eigenvalue weighted by Gasteiger charge is 2.30. The number of thioether (sulfide) groups is 1. The molecule has 132 valence electrons. The summed E-state index contributed by atoms with van der Waals surface area (Å²) in [4.78, 5) is 18.3. The van der Waals surface area contributed by atoms with Crippen LogP contribution < -0.4 is 9.47 Å². The van der Waals surface area contributed by atoms with Gasteiger partial charge in [-0.3, -0.25) is 9.69 Å². The molecule has 5 nitrogen and oxygen atoms in total. The molecule has 0 aliphatic carbocycles. The number of aliphatic imine (C=N–C) groups is 1. The summed E-state index contributed by atoms with van der Waals surface area (Å²) in [5, 5.41) is 0.313. The minimum atomic E-state index is -0.785. The second-order valence-corrected chi connectivity index (χ2v) is 6.59. The van der Waals surface area contributed by atoms with Gasteiger partial charge in [0.25, 0.3) is 5.91 Å². The van der Waals surface area contributed by atoms with Crippen molar-refractivity contribution >= 4 is 34.6 Å². The fourth-order valence-corrected chi connectivity index (χ4v) is 3.46. The van der Waals surface area contributed by atoms with Crippen LogP contribution >= 0.6 is 11.8 Å². The average Bonchev–Trinajstić information content (AvgIpc) is 3.18. The van der Waals surface area contributed by atoms with Crippen LogP contribution in [0.2, 0.25) is 0 Å². The van der Waals surface area contributed by atoms with Crippen LogP contribution in [0.15, 0.2) is 46.3 Å². The predicted octanol–water partition coefficient (Wildman–Crippen LogP) is 3.93. The summed E-state index contributed by atoms with van der Waals surface area (Å²) in [5.74, 6) is -0.450. The van der Waals surface area contributed by atoms with Crippen molar-refractivity contribution in [2.24, 2.45) is 4.99 Å². The Hall–Kier alpha value is -2.87. The molecule has 2 aromatic carbocycles. The Kier molecular flexibility index (Phi) is 4.12. The second-order valence-electron chi connectivity index (χ2n) is 5.58. The summed E-state index contributed by atoms with van der Waals surface area (Å²) in [7, 11) is 1.55. The van der Waals surface area contributed by atoms with Gasteiger partial charge in [0.2, 0.25) is 6.79 Å². The lowest BCUT2D eigenvalue weighted by atomic mass is 10.2. The van der Waals surface area contributed by atoms with Crippen LogP contribution in [0.1, 0.15) is 5.56 Å². The van der Waals surface area contributed by atoms with Crippen LogP contribution in [0, 0.1) is 11.6 Å². The van der Waals surface area contributed by atoms with E-state index >= 15 is 0 Å². The average molecular weight is 374 g/mol. The zero-order valence-corrected chi connectivity index (χ0v) is 14.3. The summed E-state index contributed by atoms with van der Waals surface area (Å²) < 4.78 is 37.4. The Morgan fingerprint density at radius 3 is 2.77 bits per heavy atom. The summed E-state index contributed by atoms with van der Waals surface area (Å²) in [6, 6.07) is 8.46. The van der Waals surface area contributed by atoms with Gasteiger partial charge < -0.3 is 9.47 Å². The summed E-state index contributed by atoms with van der Waals surface area (Å²) in [5.41, 5.74) is 0.741. The number of ether oxygens (including phenoxy) is 2. The fraction of sp³-hybridized carbons (Fsp3) is 0.111. The van der Waals surface area contributed by atoms with Crippen LogP contribution in [0.4, 0.5) is 14.5 Å². The van der Waals surface area contributed by atoms with E-state index in [1.165, 1.54) is 11.0 Å². The van der Waals surface area contributed by atoms with Crippen molar-refractivity contribution in [3.63, 3.8) is 0 Å². The molecule has 2 aliphatic rings. The molecule has 1 amide bonds. The van der Waals surface area contributed by atoms with Crippen molar-refractivity contribution in [1.29, 1.82) is 0 Å². The Labute approximate surface area is 151 Å². The minimum Gasteiger partial charge on any atom is -0.454 e. The molecule has 1 saturated heterocycles. The Morgan fingerprint density at radius 2 is 1.96 bits per heavy atom. The number of amidine groups is 1. The number of carbonyl (C=O) groups excluding carboxylic acids is 1. The van der Waals surface area contributed by atoms with E-state index < -0.39 is 11.6 Å². The molecular formula is C18H12F2N2O3S. The lowest BCUT2D eigenvalue weighted by Gasteiger charge is -2.07. The number of rotatable bonds is 2. The highest BCUT2D eigenvalue weighted by atomic mass is 32.2. The third-order valence-electron chi connectivity index (χ3n) is 3.82. The summed E-state index contributed by atoms with van der Waals surface area (Å²) in [6.07, 6.45) is 1.70. The first-order valence-electron chi connectivity index (χ1n) is 7.62. The van der Waals surface area contributed by atoms with Gasteiger partial charge in [0.15, 0.2) is 22.5 Å².